The van der Waals surface area contributed by atoms with Crippen molar-refractivity contribution in [3.05, 3.63) is 0 Å². The molecular weight excluding hydrogens is 182 g/mol. The molecule has 0 radical (unpaired) electrons. The van der Waals surface area contributed by atoms with Crippen LogP contribution in [0.3, 0.4) is 0 Å². The zero-order valence-corrected chi connectivity index (χ0v) is 9.13. The van der Waals surface area contributed by atoms with E-state index in [1.165, 1.54) is 0 Å². The SMILES string of the molecule is CC(C)(C)OC(=O)CCC1(N)COC1. The van der Waals surface area contributed by atoms with Gasteiger partial charge >= 0.3 is 5.97 Å². The summed E-state index contributed by atoms with van der Waals surface area (Å²) in [5.74, 6) is -0.186. The maximum absolute atomic E-state index is 11.3. The molecule has 1 aliphatic rings. The van der Waals surface area contributed by atoms with Gasteiger partial charge in [-0.2, -0.15) is 0 Å². The van der Waals surface area contributed by atoms with Gasteiger partial charge in [0.15, 0.2) is 0 Å². The molecular formula is C10H19NO3. The van der Waals surface area contributed by atoms with Crippen LogP contribution in [0.2, 0.25) is 0 Å². The molecule has 1 saturated heterocycles. The molecule has 0 atom stereocenters. The van der Waals surface area contributed by atoms with Crippen LogP contribution in [-0.2, 0) is 14.3 Å². The second kappa shape index (κ2) is 3.87. The normalized spacial score (nSPS) is 20.0. The number of hydrogen-bond donors (Lipinski definition) is 1. The lowest BCUT2D eigenvalue weighted by Gasteiger charge is -2.37. The van der Waals surface area contributed by atoms with Crippen molar-refractivity contribution in [2.24, 2.45) is 5.73 Å². The topological polar surface area (TPSA) is 61.5 Å². The van der Waals surface area contributed by atoms with E-state index in [-0.39, 0.29) is 11.5 Å². The number of carbonyl (C=O) groups excluding carboxylic acids is 1. The molecule has 0 aliphatic carbocycles. The van der Waals surface area contributed by atoms with Gasteiger partial charge in [0, 0.05) is 6.42 Å². The summed E-state index contributed by atoms with van der Waals surface area (Å²) in [5, 5.41) is 0. The molecule has 0 unspecified atom stereocenters. The molecule has 0 aromatic rings. The molecule has 1 fully saturated rings. The molecule has 4 nitrogen and oxygen atoms in total. The Morgan fingerprint density at radius 3 is 2.43 bits per heavy atom. The minimum Gasteiger partial charge on any atom is -0.460 e. The summed E-state index contributed by atoms with van der Waals surface area (Å²) in [7, 11) is 0. The molecule has 1 heterocycles. The minimum absolute atomic E-state index is 0.186. The van der Waals surface area contributed by atoms with Gasteiger partial charge in [-0.25, -0.2) is 0 Å². The van der Waals surface area contributed by atoms with E-state index in [2.05, 4.69) is 0 Å². The van der Waals surface area contributed by atoms with Crippen molar-refractivity contribution in [3.8, 4) is 0 Å². The Morgan fingerprint density at radius 1 is 1.50 bits per heavy atom. The predicted octanol–water partition coefficient (Wildman–Crippen LogP) is 0.836. The summed E-state index contributed by atoms with van der Waals surface area (Å²) >= 11 is 0. The van der Waals surface area contributed by atoms with E-state index in [1.54, 1.807) is 0 Å². The summed E-state index contributed by atoms with van der Waals surface area (Å²) in [6.45, 7) is 6.67. The summed E-state index contributed by atoms with van der Waals surface area (Å²) in [6.07, 6.45) is 1.01. The van der Waals surface area contributed by atoms with Crippen LogP contribution >= 0.6 is 0 Å². The third kappa shape index (κ3) is 3.64. The predicted molar refractivity (Wildman–Crippen MR) is 52.8 cm³/mol. The van der Waals surface area contributed by atoms with Gasteiger partial charge in [-0.05, 0) is 27.2 Å². The Hall–Kier alpha value is -0.610. The number of rotatable bonds is 3. The lowest BCUT2D eigenvalue weighted by atomic mass is 9.93. The van der Waals surface area contributed by atoms with Crippen molar-refractivity contribution in [1.29, 1.82) is 0 Å². The number of carbonyl (C=O) groups is 1. The maximum Gasteiger partial charge on any atom is 0.306 e. The van der Waals surface area contributed by atoms with Gasteiger partial charge in [0.25, 0.3) is 0 Å². The molecule has 1 aliphatic heterocycles. The molecule has 4 heteroatoms. The first-order valence-electron chi connectivity index (χ1n) is 4.89. The van der Waals surface area contributed by atoms with Crippen LogP contribution in [-0.4, -0.2) is 30.3 Å². The summed E-state index contributed by atoms with van der Waals surface area (Å²) < 4.78 is 10.2. The van der Waals surface area contributed by atoms with E-state index in [4.69, 9.17) is 15.2 Å². The van der Waals surface area contributed by atoms with Gasteiger partial charge in [-0.15, -0.1) is 0 Å². The van der Waals surface area contributed by atoms with E-state index in [1.807, 2.05) is 20.8 Å². The Bertz CT molecular complexity index is 216. The van der Waals surface area contributed by atoms with Crippen LogP contribution in [0, 0.1) is 0 Å². The largest absolute Gasteiger partial charge is 0.460 e. The summed E-state index contributed by atoms with van der Waals surface area (Å²) in [6, 6.07) is 0. The average molecular weight is 201 g/mol. The highest BCUT2D eigenvalue weighted by Crippen LogP contribution is 2.20. The minimum atomic E-state index is -0.408. The van der Waals surface area contributed by atoms with Crippen molar-refractivity contribution in [2.45, 2.75) is 44.8 Å². The molecule has 0 bridgehead atoms. The maximum atomic E-state index is 11.3. The van der Waals surface area contributed by atoms with Crippen LogP contribution in [0.1, 0.15) is 33.6 Å². The molecule has 0 aromatic heterocycles. The molecule has 2 N–H and O–H groups in total. The quantitative estimate of drug-likeness (QED) is 0.687. The zero-order chi connectivity index (χ0) is 10.8. The molecule has 1 rings (SSSR count). The van der Waals surface area contributed by atoms with Crippen molar-refractivity contribution >= 4 is 5.97 Å². The van der Waals surface area contributed by atoms with Crippen LogP contribution in [0.15, 0.2) is 0 Å². The van der Waals surface area contributed by atoms with Crippen molar-refractivity contribution in [1.82, 2.24) is 0 Å². The third-order valence-electron chi connectivity index (χ3n) is 2.03. The highest BCUT2D eigenvalue weighted by Gasteiger charge is 2.34. The average Bonchev–Trinajstić information content (AvgIpc) is 1.94. The van der Waals surface area contributed by atoms with Crippen LogP contribution in [0.4, 0.5) is 0 Å². The van der Waals surface area contributed by atoms with Crippen LogP contribution in [0.5, 0.6) is 0 Å². The van der Waals surface area contributed by atoms with Crippen molar-refractivity contribution < 1.29 is 14.3 Å². The summed E-state index contributed by atoms with van der Waals surface area (Å²) in [5.41, 5.74) is 5.18. The van der Waals surface area contributed by atoms with Gasteiger partial charge in [0.05, 0.1) is 18.8 Å². The van der Waals surface area contributed by atoms with E-state index in [9.17, 15) is 4.79 Å². The fourth-order valence-electron chi connectivity index (χ4n) is 1.25. The van der Waals surface area contributed by atoms with E-state index < -0.39 is 5.60 Å². The highest BCUT2D eigenvalue weighted by molar-refractivity contribution is 5.70. The zero-order valence-electron chi connectivity index (χ0n) is 9.13. The lowest BCUT2D eigenvalue weighted by molar-refractivity contribution is -0.156. The molecule has 0 spiro atoms. The monoisotopic (exact) mass is 201 g/mol. The smallest absolute Gasteiger partial charge is 0.306 e. The number of hydrogen-bond acceptors (Lipinski definition) is 4. The van der Waals surface area contributed by atoms with Gasteiger partial charge < -0.3 is 15.2 Å². The molecule has 14 heavy (non-hydrogen) atoms. The Kier molecular flexibility index (Phi) is 3.17. The van der Waals surface area contributed by atoms with E-state index >= 15 is 0 Å². The van der Waals surface area contributed by atoms with E-state index in [0.29, 0.717) is 26.1 Å². The fourth-order valence-corrected chi connectivity index (χ4v) is 1.25. The lowest BCUT2D eigenvalue weighted by Crippen LogP contribution is -2.57. The van der Waals surface area contributed by atoms with Crippen LogP contribution in [0.25, 0.3) is 0 Å². The number of nitrogens with two attached hydrogens (primary N) is 1. The van der Waals surface area contributed by atoms with Crippen molar-refractivity contribution in [2.75, 3.05) is 13.2 Å². The first-order chi connectivity index (χ1) is 6.31. The van der Waals surface area contributed by atoms with Gasteiger partial charge in [-0.1, -0.05) is 0 Å². The molecule has 0 amide bonds. The van der Waals surface area contributed by atoms with Gasteiger partial charge in [0.2, 0.25) is 0 Å². The van der Waals surface area contributed by atoms with E-state index in [0.717, 1.165) is 0 Å². The second-order valence-electron chi connectivity index (χ2n) is 4.94. The first-order valence-corrected chi connectivity index (χ1v) is 4.89. The molecule has 0 aromatic carbocycles. The summed E-state index contributed by atoms with van der Waals surface area (Å²) in [4.78, 5) is 11.3. The van der Waals surface area contributed by atoms with Gasteiger partial charge in [0.1, 0.15) is 5.60 Å². The van der Waals surface area contributed by atoms with Crippen LogP contribution < -0.4 is 5.73 Å². The molecule has 0 saturated carbocycles. The number of ether oxygens (including phenoxy) is 2. The standard InChI is InChI=1S/C10H19NO3/c1-9(2,3)14-8(12)4-5-10(11)6-13-7-10/h4-7,11H2,1-3H3. The number of esters is 1. The Morgan fingerprint density at radius 2 is 2.07 bits per heavy atom. The fraction of sp³-hybridized carbons (Fsp3) is 0.900. The Balaban J connectivity index is 2.21. The highest BCUT2D eigenvalue weighted by atomic mass is 16.6. The second-order valence-corrected chi connectivity index (χ2v) is 4.94. The van der Waals surface area contributed by atoms with Gasteiger partial charge in [-0.3, -0.25) is 4.79 Å². The first kappa shape index (κ1) is 11.5. The Labute approximate surface area is 84.7 Å². The third-order valence-corrected chi connectivity index (χ3v) is 2.03. The molecule has 82 valence electrons. The van der Waals surface area contributed by atoms with Crippen molar-refractivity contribution in [3.63, 3.8) is 0 Å².